The fraction of sp³-hybridized carbons (Fsp3) is 0. The molecule has 3 rings (SSSR count). The number of carbonyl (C=O) groups excluding carboxylic acids is 2. The Bertz CT molecular complexity index is 1260. The molecule has 3 aromatic rings. The van der Waals surface area contributed by atoms with Crippen molar-refractivity contribution in [1.29, 1.82) is 0 Å². The van der Waals surface area contributed by atoms with E-state index in [9.17, 15) is 62.3 Å². The Kier molecular flexibility index (Phi) is 6.20. The first-order valence-corrected chi connectivity index (χ1v) is 8.33. The number of carbonyl (C=O) groups is 2. The lowest BCUT2D eigenvalue weighted by molar-refractivity contribution is 0.0983. The minimum Gasteiger partial charge on any atom is -0.288 e. The summed E-state index contributed by atoms with van der Waals surface area (Å²) in [6.07, 6.45) is 0. The summed E-state index contributed by atoms with van der Waals surface area (Å²) >= 11 is 0. The van der Waals surface area contributed by atoms with Crippen molar-refractivity contribution in [1.82, 2.24) is 0 Å². The van der Waals surface area contributed by atoms with Gasteiger partial charge < -0.3 is 0 Å². The van der Waals surface area contributed by atoms with Gasteiger partial charge in [0.25, 0.3) is 0 Å². The normalized spacial score (nSPS) is 11.2. The third-order valence-corrected chi connectivity index (χ3v) is 4.40. The van der Waals surface area contributed by atoms with Gasteiger partial charge >= 0.3 is 0 Å². The summed E-state index contributed by atoms with van der Waals surface area (Å²) in [5, 5.41) is 0. The second-order valence-corrected chi connectivity index (χ2v) is 6.35. The molecule has 0 aliphatic carbocycles. The van der Waals surface area contributed by atoms with Crippen LogP contribution in [0.5, 0.6) is 0 Å². The molecule has 0 saturated carbocycles. The zero-order valence-corrected chi connectivity index (χ0v) is 15.5. The van der Waals surface area contributed by atoms with Gasteiger partial charge in [0.1, 0.15) is 11.1 Å². The Morgan fingerprint density at radius 2 is 0.588 bits per heavy atom. The lowest BCUT2D eigenvalue weighted by Crippen LogP contribution is -2.23. The molecule has 0 aliphatic rings. The van der Waals surface area contributed by atoms with Gasteiger partial charge in [-0.1, -0.05) is 0 Å². The van der Waals surface area contributed by atoms with Gasteiger partial charge in [0.2, 0.25) is 11.6 Å². The smallest absolute Gasteiger partial charge is 0.203 e. The zero-order valence-electron chi connectivity index (χ0n) is 15.5. The van der Waals surface area contributed by atoms with E-state index >= 15 is 0 Å². The molecule has 0 N–H and O–H groups in total. The van der Waals surface area contributed by atoms with Crippen molar-refractivity contribution in [3.05, 3.63) is 104 Å². The first-order valence-electron chi connectivity index (χ1n) is 8.33. The molecule has 0 radical (unpaired) electrons. The molecule has 0 saturated heterocycles. The van der Waals surface area contributed by atoms with Crippen molar-refractivity contribution in [2.24, 2.45) is 0 Å². The van der Waals surface area contributed by atoms with Crippen molar-refractivity contribution in [3.63, 3.8) is 0 Å². The van der Waals surface area contributed by atoms with E-state index in [1.54, 1.807) is 0 Å². The van der Waals surface area contributed by atoms with Crippen molar-refractivity contribution < 1.29 is 62.3 Å². The molecule has 0 spiro atoms. The molecule has 2 nitrogen and oxygen atoms in total. The Balaban J connectivity index is 2.47. The summed E-state index contributed by atoms with van der Waals surface area (Å²) in [6.45, 7) is 0. The highest BCUT2D eigenvalue weighted by Crippen LogP contribution is 2.32. The van der Waals surface area contributed by atoms with Gasteiger partial charge in [-0.05, 0) is 0 Å². The number of benzene rings is 3. The summed E-state index contributed by atoms with van der Waals surface area (Å²) in [5.74, 6) is -36.5. The van der Waals surface area contributed by atoms with Crippen LogP contribution in [0.4, 0.5) is 52.7 Å². The lowest BCUT2D eigenvalue weighted by atomic mass is 9.90. The summed E-state index contributed by atoms with van der Waals surface area (Å²) in [6, 6.07) is -0.869. The maximum atomic E-state index is 14.4. The van der Waals surface area contributed by atoms with E-state index in [2.05, 4.69) is 0 Å². The van der Waals surface area contributed by atoms with Gasteiger partial charge in [0, 0.05) is 12.1 Å². The van der Waals surface area contributed by atoms with E-state index in [4.69, 9.17) is 0 Å². The fourth-order valence-corrected chi connectivity index (χ4v) is 2.85. The summed E-state index contributed by atoms with van der Waals surface area (Å²) in [7, 11) is 0. The van der Waals surface area contributed by atoms with E-state index in [-0.39, 0.29) is 0 Å². The molecular weight excluding hydrogens is 500 g/mol. The van der Waals surface area contributed by atoms with Crippen LogP contribution in [0.3, 0.4) is 0 Å². The van der Waals surface area contributed by atoms with Crippen molar-refractivity contribution in [2.75, 3.05) is 0 Å². The van der Waals surface area contributed by atoms with Crippen LogP contribution in [0.15, 0.2) is 12.1 Å². The number of halogens is 12. The van der Waals surface area contributed by atoms with Crippen LogP contribution < -0.4 is 0 Å². The van der Waals surface area contributed by atoms with Crippen LogP contribution in [-0.2, 0) is 0 Å². The molecule has 0 bridgehead atoms. The molecular formula is C20H2F12O2. The molecule has 0 aliphatic heterocycles. The van der Waals surface area contributed by atoms with Gasteiger partial charge in [-0.2, -0.15) is 0 Å². The van der Waals surface area contributed by atoms with Gasteiger partial charge in [0.15, 0.2) is 69.8 Å². The summed E-state index contributed by atoms with van der Waals surface area (Å²) < 4.78 is 166. The summed E-state index contributed by atoms with van der Waals surface area (Å²) in [4.78, 5) is 25.0. The topological polar surface area (TPSA) is 34.1 Å². The molecule has 178 valence electrons. The van der Waals surface area contributed by atoms with Crippen LogP contribution in [0.25, 0.3) is 0 Å². The predicted octanol–water partition coefficient (Wildman–Crippen LogP) is 5.82. The van der Waals surface area contributed by atoms with Gasteiger partial charge in [0.05, 0.1) is 11.1 Å². The number of hydrogen-bond donors (Lipinski definition) is 0. The highest BCUT2D eigenvalue weighted by molar-refractivity contribution is 6.20. The van der Waals surface area contributed by atoms with Crippen LogP contribution in [0, 0.1) is 69.8 Å². The Hall–Kier alpha value is -3.84. The van der Waals surface area contributed by atoms with Crippen LogP contribution >= 0.6 is 0 Å². The second-order valence-electron chi connectivity index (χ2n) is 6.35. The van der Waals surface area contributed by atoms with Gasteiger partial charge in [-0.3, -0.25) is 9.59 Å². The van der Waals surface area contributed by atoms with Crippen molar-refractivity contribution in [3.8, 4) is 0 Å². The molecule has 14 heteroatoms. The van der Waals surface area contributed by atoms with E-state index < -0.39 is 116 Å². The fourth-order valence-electron chi connectivity index (χ4n) is 2.85. The average molecular weight is 502 g/mol. The van der Waals surface area contributed by atoms with Crippen molar-refractivity contribution >= 4 is 11.6 Å². The van der Waals surface area contributed by atoms with Crippen LogP contribution in [0.2, 0.25) is 0 Å². The van der Waals surface area contributed by atoms with E-state index in [0.29, 0.717) is 0 Å². The van der Waals surface area contributed by atoms with Crippen LogP contribution in [-0.4, -0.2) is 11.6 Å². The Morgan fingerprint density at radius 3 is 0.824 bits per heavy atom. The lowest BCUT2D eigenvalue weighted by Gasteiger charge is -2.14. The van der Waals surface area contributed by atoms with Crippen LogP contribution in [0.1, 0.15) is 31.8 Å². The number of ketones is 2. The minimum absolute atomic E-state index is 0.435. The van der Waals surface area contributed by atoms with E-state index in [1.807, 2.05) is 0 Å². The zero-order chi connectivity index (χ0) is 25.8. The standard InChI is InChI=1S/C20H2F12O2/c21-3-1-4(22)12(26)9(11(3)25)19(33)7-8(16(30)18(32)17(31)15(7)29)20(34)10-13(27)5(23)2-6(24)14(10)28/h1-2H. The van der Waals surface area contributed by atoms with Gasteiger partial charge in [-0.25, -0.2) is 52.7 Å². The largest absolute Gasteiger partial charge is 0.288 e. The van der Waals surface area contributed by atoms with Gasteiger partial charge in [-0.15, -0.1) is 0 Å². The molecule has 0 unspecified atom stereocenters. The third-order valence-electron chi connectivity index (χ3n) is 4.40. The first kappa shape index (κ1) is 24.8. The molecule has 0 fully saturated rings. The third kappa shape index (κ3) is 3.58. The maximum absolute atomic E-state index is 14.4. The first-order chi connectivity index (χ1) is 15.7. The molecule has 3 aromatic carbocycles. The molecule has 0 atom stereocenters. The molecule has 34 heavy (non-hydrogen) atoms. The quantitative estimate of drug-likeness (QED) is 0.195. The Labute approximate surface area is 179 Å². The highest BCUT2D eigenvalue weighted by Gasteiger charge is 2.39. The SMILES string of the molecule is O=C(c1c(F)c(F)cc(F)c1F)c1c(F)c(F)c(F)c(F)c1C(=O)c1c(F)c(F)cc(F)c1F. The predicted molar refractivity (Wildman–Crippen MR) is 85.7 cm³/mol. The molecule has 0 aromatic heterocycles. The Morgan fingerprint density at radius 1 is 0.353 bits per heavy atom. The average Bonchev–Trinajstić information content (AvgIpc) is 2.77. The number of rotatable bonds is 4. The minimum atomic E-state index is -2.90. The van der Waals surface area contributed by atoms with E-state index in [0.717, 1.165) is 0 Å². The molecule has 0 heterocycles. The molecule has 0 amide bonds. The van der Waals surface area contributed by atoms with Crippen molar-refractivity contribution in [2.45, 2.75) is 0 Å². The maximum Gasteiger partial charge on any atom is 0.203 e. The second kappa shape index (κ2) is 8.50. The highest BCUT2D eigenvalue weighted by atomic mass is 19.2. The van der Waals surface area contributed by atoms with E-state index in [1.165, 1.54) is 0 Å². The monoisotopic (exact) mass is 502 g/mol. The summed E-state index contributed by atoms with van der Waals surface area (Å²) in [5.41, 5.74) is -9.76. The number of hydrogen-bond acceptors (Lipinski definition) is 2.